The number of aliphatic hydroxyl groups is 1. The number of pyridine rings is 1. The van der Waals surface area contributed by atoms with Crippen LogP contribution in [-0.4, -0.2) is 21.2 Å². The Bertz CT molecular complexity index is 492. The van der Waals surface area contributed by atoms with Gasteiger partial charge in [0.1, 0.15) is 5.52 Å². The summed E-state index contributed by atoms with van der Waals surface area (Å²) in [6, 6.07) is 3.16. The zero-order chi connectivity index (χ0) is 10.1. The van der Waals surface area contributed by atoms with Crippen LogP contribution in [0.5, 0.6) is 0 Å². The summed E-state index contributed by atoms with van der Waals surface area (Å²) in [6.45, 7) is -0.209. The molecule has 1 amide bonds. The first-order valence-corrected chi connectivity index (χ1v) is 3.88. The lowest BCUT2D eigenvalue weighted by Gasteiger charge is -1.93. The van der Waals surface area contributed by atoms with Gasteiger partial charge in [-0.25, -0.2) is 4.98 Å². The summed E-state index contributed by atoms with van der Waals surface area (Å²) in [5, 5.41) is 12.3. The molecule has 2 heterocycles. The van der Waals surface area contributed by atoms with Gasteiger partial charge in [0.2, 0.25) is 0 Å². The second kappa shape index (κ2) is 3.08. The monoisotopic (exact) mass is 193 g/mol. The van der Waals surface area contributed by atoms with Gasteiger partial charge >= 0.3 is 0 Å². The van der Waals surface area contributed by atoms with Crippen LogP contribution in [-0.2, 0) is 6.61 Å². The van der Waals surface area contributed by atoms with E-state index in [4.69, 9.17) is 15.4 Å². The SMILES string of the molecule is NC(=O)c1noc2ccc(CO)nc12. The Balaban J connectivity index is 2.69. The standard InChI is InChI=1S/C8H7N3O3/c9-8(13)7-6-5(14-11-7)2-1-4(3-12)10-6/h1-2,12H,3H2,(H2,9,13). The molecule has 6 nitrogen and oxygen atoms in total. The van der Waals surface area contributed by atoms with Crippen LogP contribution < -0.4 is 5.73 Å². The van der Waals surface area contributed by atoms with Gasteiger partial charge in [0.05, 0.1) is 12.3 Å². The van der Waals surface area contributed by atoms with Crippen LogP contribution in [0.4, 0.5) is 0 Å². The van der Waals surface area contributed by atoms with Gasteiger partial charge in [-0.15, -0.1) is 0 Å². The van der Waals surface area contributed by atoms with Crippen molar-refractivity contribution in [3.05, 3.63) is 23.5 Å². The number of carbonyl (C=O) groups is 1. The number of hydrogen-bond donors (Lipinski definition) is 2. The van der Waals surface area contributed by atoms with Crippen molar-refractivity contribution in [2.75, 3.05) is 0 Å². The lowest BCUT2D eigenvalue weighted by molar-refractivity contribution is 0.0993. The van der Waals surface area contributed by atoms with E-state index >= 15 is 0 Å². The van der Waals surface area contributed by atoms with E-state index < -0.39 is 5.91 Å². The highest BCUT2D eigenvalue weighted by Gasteiger charge is 2.14. The second-order valence-electron chi connectivity index (χ2n) is 2.70. The summed E-state index contributed by atoms with van der Waals surface area (Å²) in [6.07, 6.45) is 0. The van der Waals surface area contributed by atoms with Gasteiger partial charge in [0.25, 0.3) is 5.91 Å². The minimum Gasteiger partial charge on any atom is -0.390 e. The summed E-state index contributed by atoms with van der Waals surface area (Å²) in [5.41, 5.74) is 6.12. The predicted molar refractivity (Wildman–Crippen MR) is 46.2 cm³/mol. The number of amides is 1. The molecule has 0 saturated carbocycles. The van der Waals surface area contributed by atoms with Crippen molar-refractivity contribution in [3.63, 3.8) is 0 Å². The molecule has 14 heavy (non-hydrogen) atoms. The number of nitrogens with two attached hydrogens (primary N) is 1. The highest BCUT2D eigenvalue weighted by atomic mass is 16.5. The minimum absolute atomic E-state index is 0.0182. The average molecular weight is 193 g/mol. The van der Waals surface area contributed by atoms with Crippen molar-refractivity contribution in [1.82, 2.24) is 10.1 Å². The normalized spacial score (nSPS) is 10.6. The number of aromatic nitrogens is 2. The zero-order valence-corrected chi connectivity index (χ0v) is 7.10. The van der Waals surface area contributed by atoms with Crippen LogP contribution in [0.25, 0.3) is 11.1 Å². The van der Waals surface area contributed by atoms with Gasteiger partial charge < -0.3 is 15.4 Å². The molecule has 0 bridgehead atoms. The summed E-state index contributed by atoms with van der Waals surface area (Å²) in [7, 11) is 0. The topological polar surface area (TPSA) is 102 Å². The smallest absolute Gasteiger partial charge is 0.273 e. The molecular weight excluding hydrogens is 186 g/mol. The third-order valence-electron chi connectivity index (χ3n) is 1.77. The zero-order valence-electron chi connectivity index (χ0n) is 7.10. The van der Waals surface area contributed by atoms with Crippen molar-refractivity contribution in [2.24, 2.45) is 5.73 Å². The van der Waals surface area contributed by atoms with Crippen LogP contribution in [0.15, 0.2) is 16.7 Å². The third kappa shape index (κ3) is 1.21. The predicted octanol–water partition coefficient (Wildman–Crippen LogP) is -0.186. The van der Waals surface area contributed by atoms with E-state index in [1.807, 2.05) is 0 Å². The highest BCUT2D eigenvalue weighted by molar-refractivity contribution is 6.01. The Morgan fingerprint density at radius 1 is 1.57 bits per heavy atom. The van der Waals surface area contributed by atoms with E-state index in [2.05, 4.69) is 10.1 Å². The maximum absolute atomic E-state index is 10.9. The average Bonchev–Trinajstić information content (AvgIpc) is 2.59. The second-order valence-corrected chi connectivity index (χ2v) is 2.70. The van der Waals surface area contributed by atoms with Crippen molar-refractivity contribution in [1.29, 1.82) is 0 Å². The molecule has 0 aliphatic rings. The van der Waals surface area contributed by atoms with Crippen molar-refractivity contribution in [3.8, 4) is 0 Å². The Labute approximate surface area is 78.3 Å². The van der Waals surface area contributed by atoms with Crippen molar-refractivity contribution in [2.45, 2.75) is 6.61 Å². The van der Waals surface area contributed by atoms with Gasteiger partial charge in [-0.2, -0.15) is 0 Å². The van der Waals surface area contributed by atoms with Crippen molar-refractivity contribution < 1.29 is 14.4 Å². The van der Waals surface area contributed by atoms with E-state index in [-0.39, 0.29) is 17.8 Å². The quantitative estimate of drug-likeness (QED) is 0.688. The molecule has 2 rings (SSSR count). The number of aliphatic hydroxyl groups excluding tert-OH is 1. The van der Waals surface area contributed by atoms with E-state index in [1.165, 1.54) is 0 Å². The molecule has 0 saturated heterocycles. The largest absolute Gasteiger partial charge is 0.390 e. The number of carbonyl (C=O) groups excluding carboxylic acids is 1. The van der Waals surface area contributed by atoms with E-state index in [0.717, 1.165) is 0 Å². The summed E-state index contributed by atoms with van der Waals surface area (Å²) in [5.74, 6) is -0.702. The van der Waals surface area contributed by atoms with Gasteiger partial charge in [0, 0.05) is 0 Å². The van der Waals surface area contributed by atoms with Crippen LogP contribution in [0.1, 0.15) is 16.2 Å². The molecule has 0 radical (unpaired) electrons. The lowest BCUT2D eigenvalue weighted by atomic mass is 10.3. The fraction of sp³-hybridized carbons (Fsp3) is 0.125. The molecule has 6 heteroatoms. The summed E-state index contributed by atoms with van der Waals surface area (Å²) in [4.78, 5) is 14.8. The first kappa shape index (κ1) is 8.64. The number of hydrogen-bond acceptors (Lipinski definition) is 5. The van der Waals surface area contributed by atoms with E-state index in [9.17, 15) is 4.79 Å². The van der Waals surface area contributed by atoms with Crippen LogP contribution in [0.2, 0.25) is 0 Å². The molecule has 0 aliphatic heterocycles. The number of primary amides is 1. The van der Waals surface area contributed by atoms with Gasteiger partial charge in [-0.05, 0) is 12.1 Å². The Hall–Kier alpha value is -1.95. The first-order valence-electron chi connectivity index (χ1n) is 3.88. The van der Waals surface area contributed by atoms with Crippen LogP contribution in [0, 0.1) is 0 Å². The summed E-state index contributed by atoms with van der Waals surface area (Å²) >= 11 is 0. The molecule has 0 aromatic carbocycles. The maximum atomic E-state index is 10.9. The van der Waals surface area contributed by atoms with Crippen molar-refractivity contribution >= 4 is 17.0 Å². The number of nitrogens with zero attached hydrogens (tertiary/aromatic N) is 2. The molecule has 0 unspecified atom stereocenters. The Morgan fingerprint density at radius 2 is 2.36 bits per heavy atom. The molecule has 2 aromatic rings. The number of rotatable bonds is 2. The van der Waals surface area contributed by atoms with Crippen LogP contribution in [0.3, 0.4) is 0 Å². The van der Waals surface area contributed by atoms with Gasteiger partial charge in [-0.1, -0.05) is 5.16 Å². The Kier molecular flexibility index (Phi) is 1.90. The molecule has 3 N–H and O–H groups in total. The van der Waals surface area contributed by atoms with Gasteiger partial charge in [0.15, 0.2) is 11.3 Å². The molecule has 0 spiro atoms. The molecule has 0 atom stereocenters. The Morgan fingerprint density at radius 3 is 3.00 bits per heavy atom. The first-order chi connectivity index (χ1) is 6.72. The highest BCUT2D eigenvalue weighted by Crippen LogP contribution is 2.16. The molecule has 0 fully saturated rings. The fourth-order valence-corrected chi connectivity index (χ4v) is 1.12. The molecule has 0 aliphatic carbocycles. The minimum atomic E-state index is -0.702. The summed E-state index contributed by atoms with van der Waals surface area (Å²) < 4.78 is 4.81. The van der Waals surface area contributed by atoms with Gasteiger partial charge in [-0.3, -0.25) is 4.79 Å². The molecular formula is C8H7N3O3. The lowest BCUT2D eigenvalue weighted by Crippen LogP contribution is -2.12. The maximum Gasteiger partial charge on any atom is 0.273 e. The van der Waals surface area contributed by atoms with E-state index in [0.29, 0.717) is 11.3 Å². The fourth-order valence-electron chi connectivity index (χ4n) is 1.12. The van der Waals surface area contributed by atoms with E-state index in [1.54, 1.807) is 12.1 Å². The van der Waals surface area contributed by atoms with Crippen LogP contribution >= 0.6 is 0 Å². The molecule has 72 valence electrons. The number of fused-ring (bicyclic) bond motifs is 1. The third-order valence-corrected chi connectivity index (χ3v) is 1.77. The molecule has 2 aromatic heterocycles.